The van der Waals surface area contributed by atoms with E-state index in [4.69, 9.17) is 15.2 Å². The molecule has 0 aromatic carbocycles. The maximum absolute atomic E-state index is 5.54. The maximum atomic E-state index is 5.54. The first-order chi connectivity index (χ1) is 4.79. The van der Waals surface area contributed by atoms with Gasteiger partial charge in [0.2, 0.25) is 0 Å². The minimum absolute atomic E-state index is 0.632. The summed E-state index contributed by atoms with van der Waals surface area (Å²) in [5.41, 5.74) is 5.54. The van der Waals surface area contributed by atoms with Crippen molar-refractivity contribution in [3.63, 3.8) is 0 Å². The summed E-state index contributed by atoms with van der Waals surface area (Å²) in [5.74, 6) is 1.33. The lowest BCUT2D eigenvalue weighted by Gasteiger charge is -2.00. The fourth-order valence-corrected chi connectivity index (χ4v) is 1.42. The summed E-state index contributed by atoms with van der Waals surface area (Å²) in [6.45, 7) is 0. The van der Waals surface area contributed by atoms with Crippen molar-refractivity contribution in [1.29, 1.82) is 0 Å². The molecule has 56 valence electrons. The Morgan fingerprint density at radius 1 is 1.40 bits per heavy atom. The summed E-state index contributed by atoms with van der Waals surface area (Å²) in [6, 6.07) is 0. The van der Waals surface area contributed by atoms with Crippen LogP contribution in [-0.2, 0) is 0 Å². The highest BCUT2D eigenvalue weighted by molar-refractivity contribution is 7.14. The van der Waals surface area contributed by atoms with Crippen molar-refractivity contribution < 1.29 is 9.47 Å². The largest absolute Gasteiger partial charge is 0.492 e. The minimum Gasteiger partial charge on any atom is -0.492 e. The van der Waals surface area contributed by atoms with E-state index in [0.717, 1.165) is 0 Å². The zero-order valence-corrected chi connectivity index (χ0v) is 6.70. The van der Waals surface area contributed by atoms with Gasteiger partial charge in [-0.25, -0.2) is 0 Å². The monoisotopic (exact) mass is 159 g/mol. The Hall–Kier alpha value is -0.900. The van der Waals surface area contributed by atoms with E-state index in [1.807, 2.05) is 5.38 Å². The Bertz CT molecular complexity index is 222. The van der Waals surface area contributed by atoms with Gasteiger partial charge in [-0.3, -0.25) is 0 Å². The van der Waals surface area contributed by atoms with E-state index in [1.54, 1.807) is 14.2 Å². The van der Waals surface area contributed by atoms with Crippen LogP contribution in [-0.4, -0.2) is 14.2 Å². The Kier molecular flexibility index (Phi) is 2.01. The molecule has 0 aliphatic rings. The van der Waals surface area contributed by atoms with Gasteiger partial charge in [0, 0.05) is 5.38 Å². The summed E-state index contributed by atoms with van der Waals surface area (Å²) in [6.07, 6.45) is 0. The summed E-state index contributed by atoms with van der Waals surface area (Å²) in [7, 11) is 3.16. The number of ether oxygens (including phenoxy) is 2. The van der Waals surface area contributed by atoms with E-state index in [1.165, 1.54) is 11.3 Å². The number of hydrogen-bond donors (Lipinski definition) is 1. The zero-order chi connectivity index (χ0) is 7.56. The molecule has 0 unspecified atom stereocenters. The van der Waals surface area contributed by atoms with Crippen LogP contribution < -0.4 is 15.2 Å². The fraction of sp³-hybridized carbons (Fsp3) is 0.333. The summed E-state index contributed by atoms with van der Waals surface area (Å²) in [4.78, 5) is 0. The number of thiophene rings is 1. The van der Waals surface area contributed by atoms with Crippen LogP contribution in [0.4, 0.5) is 5.00 Å². The Morgan fingerprint density at radius 2 is 2.10 bits per heavy atom. The SMILES string of the molecule is COc1csc(N)c1OC. The number of nitrogen functional groups attached to an aromatic ring is 1. The average molecular weight is 159 g/mol. The van der Waals surface area contributed by atoms with Gasteiger partial charge in [0.15, 0.2) is 11.5 Å². The van der Waals surface area contributed by atoms with Gasteiger partial charge in [0.25, 0.3) is 0 Å². The summed E-state index contributed by atoms with van der Waals surface area (Å²) < 4.78 is 9.93. The highest BCUT2D eigenvalue weighted by atomic mass is 32.1. The molecule has 10 heavy (non-hydrogen) atoms. The number of methoxy groups -OCH3 is 2. The van der Waals surface area contributed by atoms with Crippen molar-refractivity contribution in [2.24, 2.45) is 0 Å². The van der Waals surface area contributed by atoms with Gasteiger partial charge in [0.1, 0.15) is 5.00 Å². The highest BCUT2D eigenvalue weighted by Gasteiger charge is 2.08. The van der Waals surface area contributed by atoms with Crippen LogP contribution in [0.15, 0.2) is 5.38 Å². The Labute approximate surface area is 63.4 Å². The molecular formula is C6H9NO2S. The second-order valence-electron chi connectivity index (χ2n) is 1.70. The van der Waals surface area contributed by atoms with Gasteiger partial charge in [-0.05, 0) is 0 Å². The number of rotatable bonds is 2. The second-order valence-corrected chi connectivity index (χ2v) is 2.61. The lowest BCUT2D eigenvalue weighted by atomic mass is 10.5. The molecular weight excluding hydrogens is 150 g/mol. The van der Waals surface area contributed by atoms with E-state index < -0.39 is 0 Å². The molecule has 0 aliphatic carbocycles. The molecule has 0 spiro atoms. The van der Waals surface area contributed by atoms with E-state index in [-0.39, 0.29) is 0 Å². The van der Waals surface area contributed by atoms with Crippen LogP contribution in [0.1, 0.15) is 0 Å². The number of hydrogen-bond acceptors (Lipinski definition) is 4. The topological polar surface area (TPSA) is 44.5 Å². The molecule has 0 amide bonds. The third-order valence-corrected chi connectivity index (χ3v) is 1.94. The predicted molar refractivity (Wildman–Crippen MR) is 41.8 cm³/mol. The van der Waals surface area contributed by atoms with Crippen LogP contribution >= 0.6 is 11.3 Å². The van der Waals surface area contributed by atoms with Gasteiger partial charge < -0.3 is 15.2 Å². The van der Waals surface area contributed by atoms with Crippen molar-refractivity contribution in [3.8, 4) is 11.5 Å². The first kappa shape index (κ1) is 7.21. The van der Waals surface area contributed by atoms with Crippen LogP contribution in [0.5, 0.6) is 11.5 Å². The van der Waals surface area contributed by atoms with Crippen LogP contribution in [0.25, 0.3) is 0 Å². The Morgan fingerprint density at radius 3 is 2.50 bits per heavy atom. The van der Waals surface area contributed by atoms with E-state index in [2.05, 4.69) is 0 Å². The molecule has 0 bridgehead atoms. The van der Waals surface area contributed by atoms with Crippen molar-refractivity contribution >= 4 is 16.3 Å². The zero-order valence-electron chi connectivity index (χ0n) is 5.88. The third kappa shape index (κ3) is 1.02. The normalized spacial score (nSPS) is 9.40. The molecule has 0 saturated heterocycles. The summed E-state index contributed by atoms with van der Waals surface area (Å²) >= 11 is 1.41. The van der Waals surface area contributed by atoms with Crippen molar-refractivity contribution in [2.75, 3.05) is 20.0 Å². The molecule has 0 saturated carbocycles. The van der Waals surface area contributed by atoms with Gasteiger partial charge in [-0.15, -0.1) is 11.3 Å². The summed E-state index contributed by atoms with van der Waals surface area (Å²) in [5, 5.41) is 2.47. The minimum atomic E-state index is 0.632. The standard InChI is InChI=1S/C6H9NO2S/c1-8-4-3-10-6(7)5(4)9-2/h3H,7H2,1-2H3. The molecule has 0 atom stereocenters. The first-order valence-electron chi connectivity index (χ1n) is 2.74. The van der Waals surface area contributed by atoms with Crippen LogP contribution in [0.2, 0.25) is 0 Å². The Balaban J connectivity index is 3.01. The van der Waals surface area contributed by atoms with Gasteiger partial charge >= 0.3 is 0 Å². The molecule has 0 fully saturated rings. The molecule has 4 heteroatoms. The predicted octanol–water partition coefficient (Wildman–Crippen LogP) is 1.35. The van der Waals surface area contributed by atoms with E-state index >= 15 is 0 Å². The molecule has 2 N–H and O–H groups in total. The third-order valence-electron chi connectivity index (χ3n) is 1.16. The molecule has 3 nitrogen and oxygen atoms in total. The highest BCUT2D eigenvalue weighted by Crippen LogP contribution is 2.38. The van der Waals surface area contributed by atoms with Gasteiger partial charge in [0.05, 0.1) is 14.2 Å². The smallest absolute Gasteiger partial charge is 0.195 e. The quantitative estimate of drug-likeness (QED) is 0.708. The van der Waals surface area contributed by atoms with Gasteiger partial charge in [-0.2, -0.15) is 0 Å². The lowest BCUT2D eigenvalue weighted by Crippen LogP contribution is -1.89. The van der Waals surface area contributed by atoms with Crippen molar-refractivity contribution in [2.45, 2.75) is 0 Å². The second kappa shape index (κ2) is 2.79. The number of nitrogens with two attached hydrogens (primary N) is 1. The van der Waals surface area contributed by atoms with Crippen LogP contribution in [0, 0.1) is 0 Å². The molecule has 1 rings (SSSR count). The molecule has 1 aromatic heterocycles. The van der Waals surface area contributed by atoms with Crippen molar-refractivity contribution in [1.82, 2.24) is 0 Å². The maximum Gasteiger partial charge on any atom is 0.195 e. The van der Waals surface area contributed by atoms with Gasteiger partial charge in [-0.1, -0.05) is 0 Å². The first-order valence-corrected chi connectivity index (χ1v) is 3.62. The van der Waals surface area contributed by atoms with E-state index in [0.29, 0.717) is 16.5 Å². The fourth-order valence-electron chi connectivity index (χ4n) is 0.687. The van der Waals surface area contributed by atoms with Crippen LogP contribution in [0.3, 0.4) is 0 Å². The molecule has 0 radical (unpaired) electrons. The molecule has 1 aromatic rings. The lowest BCUT2D eigenvalue weighted by molar-refractivity contribution is 0.359. The molecule has 0 aliphatic heterocycles. The number of anilines is 1. The average Bonchev–Trinajstić information content (AvgIpc) is 2.30. The van der Waals surface area contributed by atoms with E-state index in [9.17, 15) is 0 Å². The van der Waals surface area contributed by atoms with Crippen molar-refractivity contribution in [3.05, 3.63) is 5.38 Å². The molecule has 1 heterocycles.